The summed E-state index contributed by atoms with van der Waals surface area (Å²) in [5.74, 6) is 0.945. The zero-order valence-corrected chi connectivity index (χ0v) is 11.8. The molecule has 104 valence electrons. The van der Waals surface area contributed by atoms with Gasteiger partial charge < -0.3 is 15.0 Å². The molecule has 3 nitrogen and oxygen atoms in total. The van der Waals surface area contributed by atoms with Crippen molar-refractivity contribution in [3.05, 3.63) is 0 Å². The molecule has 1 spiro atoms. The van der Waals surface area contributed by atoms with Crippen LogP contribution in [0, 0.1) is 5.92 Å². The summed E-state index contributed by atoms with van der Waals surface area (Å²) in [5, 5.41) is 3.77. The molecular formula is C15H28N2O. The lowest BCUT2D eigenvalue weighted by molar-refractivity contribution is -0.0932. The number of hydrogen-bond acceptors (Lipinski definition) is 3. The highest BCUT2D eigenvalue weighted by atomic mass is 16.5. The number of hydrogen-bond donors (Lipinski definition) is 1. The number of ether oxygens (including phenoxy) is 1. The molecule has 2 heterocycles. The minimum absolute atomic E-state index is 0.129. The second kappa shape index (κ2) is 5.48. The Morgan fingerprint density at radius 2 is 2.11 bits per heavy atom. The number of nitrogens with zero attached hydrogens (tertiary/aromatic N) is 1. The minimum atomic E-state index is 0.129. The van der Waals surface area contributed by atoms with Crippen molar-refractivity contribution in [1.29, 1.82) is 0 Å². The number of likely N-dealkylation sites (N-methyl/N-ethyl adjacent to an activating group) is 1. The molecule has 1 aliphatic carbocycles. The van der Waals surface area contributed by atoms with Gasteiger partial charge in [0, 0.05) is 25.7 Å². The average molecular weight is 252 g/mol. The van der Waals surface area contributed by atoms with Gasteiger partial charge in [0.25, 0.3) is 0 Å². The molecule has 0 amide bonds. The first kappa shape index (κ1) is 12.9. The second-order valence-electron chi connectivity index (χ2n) is 6.65. The summed E-state index contributed by atoms with van der Waals surface area (Å²) in [6.07, 6.45) is 9.81. The van der Waals surface area contributed by atoms with Gasteiger partial charge in [-0.25, -0.2) is 0 Å². The fourth-order valence-electron chi connectivity index (χ4n) is 4.23. The Balaban J connectivity index is 1.64. The molecule has 2 unspecified atom stereocenters. The van der Waals surface area contributed by atoms with Gasteiger partial charge in [0.05, 0.1) is 12.2 Å². The topological polar surface area (TPSA) is 24.5 Å². The van der Waals surface area contributed by atoms with Crippen LogP contribution in [0.25, 0.3) is 0 Å². The predicted molar refractivity (Wildman–Crippen MR) is 73.8 cm³/mol. The minimum Gasteiger partial charge on any atom is -0.371 e. The van der Waals surface area contributed by atoms with E-state index in [-0.39, 0.29) is 5.60 Å². The summed E-state index contributed by atoms with van der Waals surface area (Å²) in [7, 11) is 2.23. The summed E-state index contributed by atoms with van der Waals surface area (Å²) >= 11 is 0. The molecular weight excluding hydrogens is 224 g/mol. The number of rotatable bonds is 2. The van der Waals surface area contributed by atoms with Gasteiger partial charge in [0.2, 0.25) is 0 Å². The molecule has 0 bridgehead atoms. The lowest BCUT2D eigenvalue weighted by Gasteiger charge is -2.43. The highest BCUT2D eigenvalue weighted by molar-refractivity contribution is 5.02. The van der Waals surface area contributed by atoms with Crippen molar-refractivity contribution < 1.29 is 4.74 Å². The molecule has 3 rings (SSSR count). The third kappa shape index (κ3) is 2.59. The predicted octanol–water partition coefficient (Wildman–Crippen LogP) is 2.02. The van der Waals surface area contributed by atoms with Crippen molar-refractivity contribution in [1.82, 2.24) is 10.2 Å². The molecule has 18 heavy (non-hydrogen) atoms. The van der Waals surface area contributed by atoms with Crippen molar-refractivity contribution in [2.45, 2.75) is 56.6 Å². The van der Waals surface area contributed by atoms with E-state index in [2.05, 4.69) is 17.3 Å². The summed E-state index contributed by atoms with van der Waals surface area (Å²) < 4.78 is 6.25. The Morgan fingerprint density at radius 3 is 2.83 bits per heavy atom. The average Bonchev–Trinajstić information content (AvgIpc) is 2.76. The van der Waals surface area contributed by atoms with Crippen LogP contribution >= 0.6 is 0 Å². The first-order valence-electron chi connectivity index (χ1n) is 7.84. The van der Waals surface area contributed by atoms with Gasteiger partial charge in [-0.15, -0.1) is 0 Å². The molecule has 3 aliphatic rings. The zero-order valence-electron chi connectivity index (χ0n) is 11.8. The molecule has 2 saturated heterocycles. The monoisotopic (exact) mass is 252 g/mol. The molecule has 0 aromatic carbocycles. The molecule has 0 aromatic rings. The van der Waals surface area contributed by atoms with E-state index in [1.807, 2.05) is 0 Å². The smallest absolute Gasteiger partial charge is 0.0973 e. The van der Waals surface area contributed by atoms with Crippen LogP contribution in [0.2, 0.25) is 0 Å². The Morgan fingerprint density at radius 1 is 1.28 bits per heavy atom. The van der Waals surface area contributed by atoms with E-state index in [9.17, 15) is 0 Å². The van der Waals surface area contributed by atoms with E-state index in [0.29, 0.717) is 6.04 Å². The molecule has 2 aliphatic heterocycles. The molecule has 3 heteroatoms. The first-order valence-corrected chi connectivity index (χ1v) is 7.84. The van der Waals surface area contributed by atoms with Gasteiger partial charge in [-0.1, -0.05) is 32.1 Å². The first-order chi connectivity index (χ1) is 8.78. The largest absolute Gasteiger partial charge is 0.371 e. The van der Waals surface area contributed by atoms with E-state index >= 15 is 0 Å². The van der Waals surface area contributed by atoms with Crippen molar-refractivity contribution >= 4 is 0 Å². The molecule has 2 atom stereocenters. The van der Waals surface area contributed by atoms with E-state index in [4.69, 9.17) is 4.74 Å². The van der Waals surface area contributed by atoms with Gasteiger partial charge in [-0.2, -0.15) is 0 Å². The van der Waals surface area contributed by atoms with Gasteiger partial charge in [-0.05, 0) is 25.8 Å². The Labute approximate surface area is 111 Å². The van der Waals surface area contributed by atoms with E-state index in [0.717, 1.165) is 25.6 Å². The molecule has 0 aromatic heterocycles. The normalized spacial score (nSPS) is 39.5. The second-order valence-corrected chi connectivity index (χ2v) is 6.65. The van der Waals surface area contributed by atoms with Crippen LogP contribution in [0.1, 0.15) is 44.9 Å². The van der Waals surface area contributed by atoms with Crippen LogP contribution in [0.5, 0.6) is 0 Å². The summed E-state index contributed by atoms with van der Waals surface area (Å²) in [5.41, 5.74) is 0.129. The molecule has 1 saturated carbocycles. The van der Waals surface area contributed by atoms with E-state index in [1.54, 1.807) is 0 Å². The number of nitrogens with one attached hydrogen (secondary N) is 1. The van der Waals surface area contributed by atoms with Gasteiger partial charge in [0.1, 0.15) is 0 Å². The van der Waals surface area contributed by atoms with Crippen LogP contribution in [-0.2, 0) is 4.74 Å². The van der Waals surface area contributed by atoms with Crippen molar-refractivity contribution in [3.8, 4) is 0 Å². The molecule has 1 N–H and O–H groups in total. The van der Waals surface area contributed by atoms with Crippen LogP contribution < -0.4 is 5.32 Å². The molecule has 3 fully saturated rings. The van der Waals surface area contributed by atoms with Gasteiger partial charge in [-0.3, -0.25) is 0 Å². The fourth-order valence-corrected chi connectivity index (χ4v) is 4.23. The number of morpholine rings is 1. The van der Waals surface area contributed by atoms with Gasteiger partial charge >= 0.3 is 0 Å². The Kier molecular flexibility index (Phi) is 3.92. The SMILES string of the molecule is CN1CCC2(C1)OCCNC2CC1CCCCC1. The van der Waals surface area contributed by atoms with Crippen molar-refractivity contribution in [3.63, 3.8) is 0 Å². The van der Waals surface area contributed by atoms with Crippen LogP contribution in [0.3, 0.4) is 0 Å². The summed E-state index contributed by atoms with van der Waals surface area (Å²) in [6.45, 7) is 4.26. The third-order valence-corrected chi connectivity index (χ3v) is 5.27. The maximum absolute atomic E-state index is 6.25. The standard InChI is InChI=1S/C15H28N2O/c1-17-9-7-15(12-17)14(16-8-10-18-15)11-13-5-3-2-4-6-13/h13-14,16H,2-12H2,1H3. The van der Waals surface area contributed by atoms with Crippen LogP contribution in [-0.4, -0.2) is 49.8 Å². The quantitative estimate of drug-likeness (QED) is 0.814. The fraction of sp³-hybridized carbons (Fsp3) is 1.00. The zero-order chi connectivity index (χ0) is 12.4. The summed E-state index contributed by atoms with van der Waals surface area (Å²) in [6, 6.07) is 0.597. The van der Waals surface area contributed by atoms with Gasteiger partial charge in [0.15, 0.2) is 0 Å². The summed E-state index contributed by atoms with van der Waals surface area (Å²) in [4.78, 5) is 2.43. The maximum Gasteiger partial charge on any atom is 0.0973 e. The third-order valence-electron chi connectivity index (χ3n) is 5.27. The highest BCUT2D eigenvalue weighted by Gasteiger charge is 2.46. The van der Waals surface area contributed by atoms with E-state index in [1.165, 1.54) is 51.5 Å². The lowest BCUT2D eigenvalue weighted by atomic mass is 9.79. The number of likely N-dealkylation sites (tertiary alicyclic amines) is 1. The van der Waals surface area contributed by atoms with Crippen molar-refractivity contribution in [2.24, 2.45) is 5.92 Å². The van der Waals surface area contributed by atoms with Crippen LogP contribution in [0.4, 0.5) is 0 Å². The van der Waals surface area contributed by atoms with Crippen LogP contribution in [0.15, 0.2) is 0 Å². The highest BCUT2D eigenvalue weighted by Crippen LogP contribution is 2.36. The molecule has 0 radical (unpaired) electrons. The maximum atomic E-state index is 6.25. The lowest BCUT2D eigenvalue weighted by Crippen LogP contribution is -2.59. The van der Waals surface area contributed by atoms with Crippen molar-refractivity contribution in [2.75, 3.05) is 33.3 Å². The van der Waals surface area contributed by atoms with E-state index < -0.39 is 0 Å². The Bertz CT molecular complexity index is 274. The Hall–Kier alpha value is -0.120.